The van der Waals surface area contributed by atoms with Crippen LogP contribution in [0, 0.1) is 5.92 Å². The first-order valence-corrected chi connectivity index (χ1v) is 6.18. The zero-order valence-corrected chi connectivity index (χ0v) is 10.9. The first-order chi connectivity index (χ1) is 9.06. The SMILES string of the molecule is CCOC(=O)[C@@H](C)CN1C(=O)c2ccccc2C1=O. The molecule has 0 spiro atoms. The van der Waals surface area contributed by atoms with Gasteiger partial charge in [-0.05, 0) is 19.1 Å². The highest BCUT2D eigenvalue weighted by Gasteiger charge is 2.36. The van der Waals surface area contributed by atoms with Gasteiger partial charge in [-0.1, -0.05) is 19.1 Å². The third-order valence-corrected chi connectivity index (χ3v) is 3.02. The summed E-state index contributed by atoms with van der Waals surface area (Å²) in [7, 11) is 0. The Morgan fingerprint density at radius 2 is 1.74 bits per heavy atom. The molecule has 19 heavy (non-hydrogen) atoms. The minimum atomic E-state index is -0.526. The van der Waals surface area contributed by atoms with E-state index in [0.29, 0.717) is 11.1 Å². The number of fused-ring (bicyclic) bond motifs is 1. The van der Waals surface area contributed by atoms with Gasteiger partial charge in [-0.25, -0.2) is 0 Å². The van der Waals surface area contributed by atoms with E-state index in [4.69, 9.17) is 4.74 Å². The van der Waals surface area contributed by atoms with E-state index in [-0.39, 0.29) is 25.0 Å². The van der Waals surface area contributed by atoms with Gasteiger partial charge in [-0.3, -0.25) is 19.3 Å². The van der Waals surface area contributed by atoms with E-state index in [0.717, 1.165) is 4.90 Å². The van der Waals surface area contributed by atoms with Crippen molar-refractivity contribution >= 4 is 17.8 Å². The Kier molecular flexibility index (Phi) is 3.64. The molecule has 5 heteroatoms. The van der Waals surface area contributed by atoms with Crippen LogP contribution in [-0.4, -0.2) is 35.8 Å². The van der Waals surface area contributed by atoms with Crippen LogP contribution in [0.3, 0.4) is 0 Å². The van der Waals surface area contributed by atoms with Crippen molar-refractivity contribution < 1.29 is 19.1 Å². The Labute approximate surface area is 111 Å². The van der Waals surface area contributed by atoms with Crippen LogP contribution in [0.2, 0.25) is 0 Å². The number of benzene rings is 1. The molecular formula is C14H15NO4. The zero-order valence-electron chi connectivity index (χ0n) is 10.9. The van der Waals surface area contributed by atoms with Gasteiger partial charge in [0.1, 0.15) is 0 Å². The van der Waals surface area contributed by atoms with Crippen LogP contribution in [0.15, 0.2) is 24.3 Å². The predicted molar refractivity (Wildman–Crippen MR) is 67.6 cm³/mol. The van der Waals surface area contributed by atoms with E-state index >= 15 is 0 Å². The van der Waals surface area contributed by atoms with Gasteiger partial charge in [0, 0.05) is 6.54 Å². The molecule has 0 saturated carbocycles. The molecule has 0 unspecified atom stereocenters. The molecule has 100 valence electrons. The summed E-state index contributed by atoms with van der Waals surface area (Å²) in [5, 5.41) is 0. The lowest BCUT2D eigenvalue weighted by molar-refractivity contribution is -0.147. The molecule has 0 N–H and O–H groups in total. The number of carbonyl (C=O) groups excluding carboxylic acids is 3. The van der Waals surface area contributed by atoms with Crippen LogP contribution in [0.5, 0.6) is 0 Å². The van der Waals surface area contributed by atoms with Gasteiger partial charge in [0.15, 0.2) is 0 Å². The number of esters is 1. The first-order valence-electron chi connectivity index (χ1n) is 6.18. The highest BCUT2D eigenvalue weighted by atomic mass is 16.5. The molecule has 0 bridgehead atoms. The molecule has 2 amide bonds. The van der Waals surface area contributed by atoms with E-state index < -0.39 is 11.9 Å². The number of nitrogens with zero attached hydrogens (tertiary/aromatic N) is 1. The Morgan fingerprint density at radius 3 is 2.21 bits per heavy atom. The molecule has 5 nitrogen and oxygen atoms in total. The monoisotopic (exact) mass is 261 g/mol. The van der Waals surface area contributed by atoms with Crippen molar-refractivity contribution in [3.8, 4) is 0 Å². The highest BCUT2D eigenvalue weighted by Crippen LogP contribution is 2.23. The fourth-order valence-electron chi connectivity index (χ4n) is 2.04. The Hall–Kier alpha value is -2.17. The van der Waals surface area contributed by atoms with E-state index in [1.54, 1.807) is 38.1 Å². The largest absolute Gasteiger partial charge is 0.466 e. The molecule has 1 aliphatic rings. The number of amides is 2. The lowest BCUT2D eigenvalue weighted by Gasteiger charge is -2.17. The maximum Gasteiger partial charge on any atom is 0.310 e. The predicted octanol–water partition coefficient (Wildman–Crippen LogP) is 1.48. The molecule has 0 saturated heterocycles. The van der Waals surface area contributed by atoms with Crippen LogP contribution in [0.25, 0.3) is 0 Å². The molecule has 1 aromatic carbocycles. The van der Waals surface area contributed by atoms with E-state index in [1.807, 2.05) is 0 Å². The van der Waals surface area contributed by atoms with Gasteiger partial charge < -0.3 is 4.74 Å². The number of hydrogen-bond acceptors (Lipinski definition) is 4. The second kappa shape index (κ2) is 5.22. The smallest absolute Gasteiger partial charge is 0.310 e. The summed E-state index contributed by atoms with van der Waals surface area (Å²) in [5.41, 5.74) is 0.784. The summed E-state index contributed by atoms with van der Waals surface area (Å²) in [5.74, 6) is -1.63. The maximum absolute atomic E-state index is 12.1. The van der Waals surface area contributed by atoms with Crippen molar-refractivity contribution in [2.75, 3.05) is 13.2 Å². The average molecular weight is 261 g/mol. The van der Waals surface area contributed by atoms with Crippen molar-refractivity contribution in [1.29, 1.82) is 0 Å². The number of ether oxygens (including phenoxy) is 1. The fraction of sp³-hybridized carbons (Fsp3) is 0.357. The van der Waals surface area contributed by atoms with Crippen LogP contribution in [0.1, 0.15) is 34.6 Å². The van der Waals surface area contributed by atoms with Gasteiger partial charge in [-0.15, -0.1) is 0 Å². The van der Waals surface area contributed by atoms with Crippen molar-refractivity contribution in [2.24, 2.45) is 5.92 Å². The van der Waals surface area contributed by atoms with Crippen molar-refractivity contribution in [3.63, 3.8) is 0 Å². The summed E-state index contributed by atoms with van der Waals surface area (Å²) < 4.78 is 4.87. The summed E-state index contributed by atoms with van der Waals surface area (Å²) in [6.07, 6.45) is 0. The Bertz CT molecular complexity index is 503. The number of imide groups is 1. The van der Waals surface area contributed by atoms with Crippen molar-refractivity contribution in [3.05, 3.63) is 35.4 Å². The molecule has 0 aliphatic carbocycles. The molecule has 0 radical (unpaired) electrons. The normalized spacial score (nSPS) is 15.4. The number of hydrogen-bond donors (Lipinski definition) is 0. The number of carbonyl (C=O) groups is 3. The van der Waals surface area contributed by atoms with Crippen LogP contribution in [0.4, 0.5) is 0 Å². The second-order valence-electron chi connectivity index (χ2n) is 4.42. The minimum absolute atomic E-state index is 0.0468. The molecule has 1 atom stereocenters. The van der Waals surface area contributed by atoms with Crippen molar-refractivity contribution in [2.45, 2.75) is 13.8 Å². The quantitative estimate of drug-likeness (QED) is 0.608. The standard InChI is InChI=1S/C14H15NO4/c1-3-19-14(18)9(2)8-15-12(16)10-6-4-5-7-11(10)13(15)17/h4-7,9H,3,8H2,1-2H3/t9-/m0/s1. The summed E-state index contributed by atoms with van der Waals surface area (Å²) in [6.45, 7) is 3.69. The molecule has 0 fully saturated rings. The van der Waals surface area contributed by atoms with E-state index in [2.05, 4.69) is 0 Å². The highest BCUT2D eigenvalue weighted by molar-refractivity contribution is 6.21. The topological polar surface area (TPSA) is 63.7 Å². The third kappa shape index (κ3) is 2.36. The van der Waals surface area contributed by atoms with Crippen LogP contribution >= 0.6 is 0 Å². The fourth-order valence-corrected chi connectivity index (χ4v) is 2.04. The van der Waals surface area contributed by atoms with Gasteiger partial charge in [0.05, 0.1) is 23.7 Å². The van der Waals surface area contributed by atoms with Crippen molar-refractivity contribution in [1.82, 2.24) is 4.90 Å². The summed E-state index contributed by atoms with van der Waals surface area (Å²) in [4.78, 5) is 36.8. The summed E-state index contributed by atoms with van der Waals surface area (Å²) >= 11 is 0. The van der Waals surface area contributed by atoms with Crippen LogP contribution in [-0.2, 0) is 9.53 Å². The molecule has 0 aromatic heterocycles. The number of rotatable bonds is 4. The average Bonchev–Trinajstić information content (AvgIpc) is 2.65. The third-order valence-electron chi connectivity index (χ3n) is 3.02. The molecule has 1 heterocycles. The molecule has 2 rings (SSSR count). The maximum atomic E-state index is 12.1. The van der Waals surface area contributed by atoms with Crippen LogP contribution < -0.4 is 0 Å². The van der Waals surface area contributed by atoms with Gasteiger partial charge >= 0.3 is 5.97 Å². The Morgan fingerprint density at radius 1 is 1.21 bits per heavy atom. The molecule has 1 aliphatic heterocycles. The van der Waals surface area contributed by atoms with E-state index in [9.17, 15) is 14.4 Å². The Balaban J connectivity index is 2.14. The first kappa shape index (κ1) is 13.3. The second-order valence-corrected chi connectivity index (χ2v) is 4.42. The molecule has 1 aromatic rings. The van der Waals surface area contributed by atoms with Gasteiger partial charge in [-0.2, -0.15) is 0 Å². The lowest BCUT2D eigenvalue weighted by Crippen LogP contribution is -2.36. The zero-order chi connectivity index (χ0) is 14.0. The summed E-state index contributed by atoms with van der Waals surface area (Å²) in [6, 6.07) is 6.65. The van der Waals surface area contributed by atoms with Gasteiger partial charge in [0.25, 0.3) is 11.8 Å². The minimum Gasteiger partial charge on any atom is -0.466 e. The van der Waals surface area contributed by atoms with Gasteiger partial charge in [0.2, 0.25) is 0 Å². The lowest BCUT2D eigenvalue weighted by atomic mass is 10.1. The van der Waals surface area contributed by atoms with E-state index in [1.165, 1.54) is 0 Å². The molecular weight excluding hydrogens is 246 g/mol.